The fraction of sp³-hybridized carbons (Fsp3) is 0.304. The fourth-order valence-electron chi connectivity index (χ4n) is 3.81. The number of rotatable bonds is 3. The van der Waals surface area contributed by atoms with Gasteiger partial charge in [0, 0.05) is 15.4 Å². The minimum Gasteiger partial charge on any atom is -0.459 e. The summed E-state index contributed by atoms with van der Waals surface area (Å²) in [4.78, 5) is 25.2. The van der Waals surface area contributed by atoms with E-state index in [1.807, 2.05) is 18.2 Å². The van der Waals surface area contributed by atoms with Crippen molar-refractivity contribution in [3.8, 4) is 11.1 Å². The topological polar surface area (TPSA) is 56.5 Å². The van der Waals surface area contributed by atoms with Gasteiger partial charge in [0.15, 0.2) is 0 Å². The number of carbonyl (C=O) groups is 1. The maximum atomic E-state index is 12.7. The van der Waals surface area contributed by atoms with Gasteiger partial charge < -0.3 is 9.15 Å². The molecule has 0 saturated heterocycles. The van der Waals surface area contributed by atoms with Crippen molar-refractivity contribution in [3.05, 3.63) is 69.0 Å². The van der Waals surface area contributed by atoms with E-state index in [0.29, 0.717) is 28.2 Å². The van der Waals surface area contributed by atoms with E-state index in [0.717, 1.165) is 29.1 Å². The van der Waals surface area contributed by atoms with Crippen LogP contribution in [-0.2, 0) is 4.74 Å². The Kier molecular flexibility index (Phi) is 5.36. The fourth-order valence-corrected chi connectivity index (χ4v) is 4.27. The van der Waals surface area contributed by atoms with Crippen LogP contribution in [0.15, 0.2) is 62.2 Å². The Morgan fingerprint density at radius 3 is 2.75 bits per heavy atom. The molecule has 1 aromatic heterocycles. The van der Waals surface area contributed by atoms with Crippen molar-refractivity contribution < 1.29 is 13.9 Å². The summed E-state index contributed by atoms with van der Waals surface area (Å²) in [5, 5.41) is 0.827. The maximum absolute atomic E-state index is 12.7. The summed E-state index contributed by atoms with van der Waals surface area (Å²) in [5.41, 5.74) is 1.56. The van der Waals surface area contributed by atoms with Crippen LogP contribution in [0.4, 0.5) is 0 Å². The lowest BCUT2D eigenvalue weighted by molar-refractivity contribution is 0.0155. The Balaban J connectivity index is 1.67. The minimum absolute atomic E-state index is 0.0333. The van der Waals surface area contributed by atoms with Crippen LogP contribution in [-0.4, -0.2) is 12.1 Å². The quantitative estimate of drug-likeness (QED) is 0.372. The number of fused-ring (bicyclic) bond motifs is 1. The molecule has 0 bridgehead atoms. The number of hydrogen-bond acceptors (Lipinski definition) is 4. The summed E-state index contributed by atoms with van der Waals surface area (Å²) < 4.78 is 11.9. The van der Waals surface area contributed by atoms with Gasteiger partial charge in [-0.05, 0) is 55.5 Å². The third-order valence-corrected chi connectivity index (χ3v) is 5.99. The van der Waals surface area contributed by atoms with E-state index in [-0.39, 0.29) is 12.1 Å². The molecule has 1 heterocycles. The zero-order valence-electron chi connectivity index (χ0n) is 15.6. The van der Waals surface area contributed by atoms with Gasteiger partial charge in [0.05, 0.1) is 11.1 Å². The van der Waals surface area contributed by atoms with Crippen LogP contribution >= 0.6 is 15.9 Å². The number of hydrogen-bond donors (Lipinski definition) is 0. The predicted molar refractivity (Wildman–Crippen MR) is 112 cm³/mol. The van der Waals surface area contributed by atoms with E-state index >= 15 is 0 Å². The second kappa shape index (κ2) is 7.92. The molecule has 2 aromatic carbocycles. The predicted octanol–water partition coefficient (Wildman–Crippen LogP) is 5.96. The molecule has 4 rings (SSSR count). The molecule has 0 N–H and O–H groups in total. The maximum Gasteiger partial charge on any atom is 0.344 e. The van der Waals surface area contributed by atoms with Crippen molar-refractivity contribution >= 4 is 32.9 Å². The van der Waals surface area contributed by atoms with Crippen molar-refractivity contribution in [3.63, 3.8) is 0 Å². The molecule has 0 radical (unpaired) electrons. The monoisotopic (exact) mass is 440 g/mol. The van der Waals surface area contributed by atoms with Crippen LogP contribution in [0.2, 0.25) is 0 Å². The molecule has 3 aromatic rings. The van der Waals surface area contributed by atoms with Crippen molar-refractivity contribution in [1.29, 1.82) is 0 Å². The van der Waals surface area contributed by atoms with E-state index in [1.165, 1.54) is 6.42 Å². The molecule has 144 valence electrons. The second-order valence-corrected chi connectivity index (χ2v) is 8.33. The van der Waals surface area contributed by atoms with Crippen molar-refractivity contribution in [2.75, 3.05) is 0 Å². The average molecular weight is 441 g/mol. The van der Waals surface area contributed by atoms with E-state index in [9.17, 15) is 9.59 Å². The first-order valence-corrected chi connectivity index (χ1v) is 10.3. The molecule has 1 aliphatic rings. The molecule has 0 spiro atoms. The highest BCUT2D eigenvalue weighted by atomic mass is 79.9. The Bertz CT molecular complexity index is 1090. The Hall–Kier alpha value is -2.40. The number of esters is 1. The molecule has 4 nitrogen and oxygen atoms in total. The smallest absolute Gasteiger partial charge is 0.344 e. The van der Waals surface area contributed by atoms with Crippen molar-refractivity contribution in [1.82, 2.24) is 0 Å². The highest BCUT2D eigenvalue weighted by molar-refractivity contribution is 9.10. The normalized spacial score (nSPS) is 19.5. The first kappa shape index (κ1) is 18.9. The summed E-state index contributed by atoms with van der Waals surface area (Å²) >= 11 is 3.49. The van der Waals surface area contributed by atoms with Gasteiger partial charge in [-0.3, -0.25) is 0 Å². The van der Waals surface area contributed by atoms with Gasteiger partial charge in [0.25, 0.3) is 0 Å². The van der Waals surface area contributed by atoms with Gasteiger partial charge in [-0.15, -0.1) is 0 Å². The molecule has 5 heteroatoms. The lowest BCUT2D eigenvalue weighted by Gasteiger charge is -2.26. The second-order valence-electron chi connectivity index (χ2n) is 7.48. The first-order valence-electron chi connectivity index (χ1n) is 9.55. The summed E-state index contributed by atoms with van der Waals surface area (Å²) in [5.74, 6) is 0.229. The molecular weight excluding hydrogens is 420 g/mol. The van der Waals surface area contributed by atoms with E-state index in [1.54, 1.807) is 30.3 Å². The first-order chi connectivity index (χ1) is 13.5. The van der Waals surface area contributed by atoms with Crippen LogP contribution in [0.5, 0.6) is 0 Å². The molecule has 1 fully saturated rings. The summed E-state index contributed by atoms with van der Waals surface area (Å²) in [6.07, 6.45) is 4.06. The third kappa shape index (κ3) is 3.90. The van der Waals surface area contributed by atoms with Gasteiger partial charge in [-0.25, -0.2) is 9.59 Å². The number of para-hydroxylation sites is 1. The molecule has 2 atom stereocenters. The highest BCUT2D eigenvalue weighted by Gasteiger charge is 2.23. The molecule has 0 unspecified atom stereocenters. The molecule has 1 aliphatic carbocycles. The third-order valence-electron chi connectivity index (χ3n) is 5.30. The summed E-state index contributed by atoms with van der Waals surface area (Å²) in [6.45, 7) is 2.19. The molecule has 1 saturated carbocycles. The van der Waals surface area contributed by atoms with Gasteiger partial charge in [0.1, 0.15) is 11.7 Å². The lowest BCUT2D eigenvalue weighted by Crippen LogP contribution is -2.24. The van der Waals surface area contributed by atoms with Crippen molar-refractivity contribution in [2.45, 2.75) is 38.7 Å². The van der Waals surface area contributed by atoms with Gasteiger partial charge in [0.2, 0.25) is 0 Å². The van der Waals surface area contributed by atoms with Crippen LogP contribution in [0, 0.1) is 5.92 Å². The van der Waals surface area contributed by atoms with E-state index < -0.39 is 5.63 Å². The number of carbonyl (C=O) groups excluding carboxylic acids is 1. The molecule has 0 aliphatic heterocycles. The zero-order valence-corrected chi connectivity index (χ0v) is 17.2. The Morgan fingerprint density at radius 2 is 1.93 bits per heavy atom. The largest absolute Gasteiger partial charge is 0.459 e. The van der Waals surface area contributed by atoms with Crippen LogP contribution in [0.25, 0.3) is 22.1 Å². The van der Waals surface area contributed by atoms with Crippen molar-refractivity contribution in [2.24, 2.45) is 5.92 Å². The lowest BCUT2D eigenvalue weighted by atomic mass is 9.89. The van der Waals surface area contributed by atoms with Gasteiger partial charge in [-0.2, -0.15) is 0 Å². The number of ether oxygens (including phenoxy) is 1. The van der Waals surface area contributed by atoms with Gasteiger partial charge in [-0.1, -0.05) is 47.5 Å². The van der Waals surface area contributed by atoms with Crippen LogP contribution in [0.3, 0.4) is 0 Å². The number of benzene rings is 2. The SMILES string of the molecule is C[C@@H]1CCC[C@H](OC(=O)c2ccc(Br)c(-c3cc4ccccc4oc3=O)c2)C1. The molecule has 0 amide bonds. The van der Waals surface area contributed by atoms with Crippen LogP contribution < -0.4 is 5.63 Å². The Labute approximate surface area is 171 Å². The number of halogens is 1. The molecule has 28 heavy (non-hydrogen) atoms. The summed E-state index contributed by atoms with van der Waals surface area (Å²) in [6, 6.07) is 14.3. The Morgan fingerprint density at radius 1 is 1.11 bits per heavy atom. The average Bonchev–Trinajstić information content (AvgIpc) is 2.68. The van der Waals surface area contributed by atoms with E-state index in [2.05, 4.69) is 22.9 Å². The van der Waals surface area contributed by atoms with Gasteiger partial charge >= 0.3 is 11.6 Å². The summed E-state index contributed by atoms with van der Waals surface area (Å²) in [7, 11) is 0. The zero-order chi connectivity index (χ0) is 19.7. The standard InChI is InChI=1S/C23H21BrO4/c1-14-5-4-7-17(11-14)27-22(25)16-9-10-20(24)18(13-16)19-12-15-6-2-3-8-21(15)28-23(19)26/h2-3,6,8-10,12-14,17H,4-5,7,11H2,1H3/t14-,17+/m1/s1. The van der Waals surface area contributed by atoms with Crippen LogP contribution in [0.1, 0.15) is 43.0 Å². The highest BCUT2D eigenvalue weighted by Crippen LogP contribution is 2.31. The van der Waals surface area contributed by atoms with E-state index in [4.69, 9.17) is 9.15 Å². The molecular formula is C23H21BrO4. The minimum atomic E-state index is -0.439.